The highest BCUT2D eigenvalue weighted by Gasteiger charge is 2.21. The molecule has 2 atom stereocenters. The maximum Gasteiger partial charge on any atom is 0.306 e. The van der Waals surface area contributed by atoms with E-state index in [1.807, 2.05) is 32.6 Å². The van der Waals surface area contributed by atoms with Crippen molar-refractivity contribution in [2.24, 2.45) is 0 Å². The molecule has 1 N–H and O–H groups in total. The van der Waals surface area contributed by atoms with Crippen molar-refractivity contribution in [2.45, 2.75) is 52.6 Å². The summed E-state index contributed by atoms with van der Waals surface area (Å²) < 4.78 is 4.60. The highest BCUT2D eigenvalue weighted by Crippen LogP contribution is 2.02. The average Bonchev–Trinajstić information content (AvgIpc) is 2.38. The molecule has 0 aromatic rings. The Morgan fingerprint density at radius 2 is 1.89 bits per heavy atom. The molecular weight excluding hydrogens is 232 g/mol. The minimum absolute atomic E-state index is 0.0102. The first-order chi connectivity index (χ1) is 8.46. The van der Waals surface area contributed by atoms with Crippen molar-refractivity contribution in [3.63, 3.8) is 0 Å². The van der Waals surface area contributed by atoms with Crippen LogP contribution in [0.4, 0.5) is 0 Å². The summed E-state index contributed by atoms with van der Waals surface area (Å²) in [6, 6.07) is -0.0482. The van der Waals surface area contributed by atoms with Crippen molar-refractivity contribution in [2.75, 3.05) is 20.2 Å². The largest absolute Gasteiger partial charge is 0.469 e. The second kappa shape index (κ2) is 8.91. The first kappa shape index (κ1) is 16.9. The van der Waals surface area contributed by atoms with E-state index in [1.54, 1.807) is 0 Å². The number of methoxy groups -OCH3 is 1. The first-order valence-electron chi connectivity index (χ1n) is 6.57. The van der Waals surface area contributed by atoms with E-state index in [4.69, 9.17) is 0 Å². The summed E-state index contributed by atoms with van der Waals surface area (Å²) >= 11 is 0. The van der Waals surface area contributed by atoms with Gasteiger partial charge in [-0.25, -0.2) is 0 Å². The van der Waals surface area contributed by atoms with Crippen molar-refractivity contribution in [1.29, 1.82) is 0 Å². The van der Waals surface area contributed by atoms with Crippen LogP contribution >= 0.6 is 0 Å². The van der Waals surface area contributed by atoms with Gasteiger partial charge in [0.25, 0.3) is 0 Å². The molecule has 5 nitrogen and oxygen atoms in total. The number of carbonyl (C=O) groups is 2. The normalized spacial score (nSPS) is 14.1. The van der Waals surface area contributed by atoms with Crippen LogP contribution in [0.15, 0.2) is 0 Å². The Balaban J connectivity index is 4.28. The minimum Gasteiger partial charge on any atom is -0.469 e. The zero-order chi connectivity index (χ0) is 14.1. The number of carbonyl (C=O) groups excluding carboxylic acids is 2. The van der Waals surface area contributed by atoms with Gasteiger partial charge in [0.2, 0.25) is 5.91 Å². The highest BCUT2D eigenvalue weighted by atomic mass is 16.5. The molecule has 0 radical (unpaired) electrons. The molecule has 0 saturated heterocycles. The van der Waals surface area contributed by atoms with Crippen LogP contribution in [-0.2, 0) is 14.3 Å². The Labute approximate surface area is 110 Å². The molecule has 0 aliphatic heterocycles. The number of nitrogens with one attached hydrogen (secondary N) is 1. The van der Waals surface area contributed by atoms with Crippen molar-refractivity contribution in [3.05, 3.63) is 0 Å². The van der Waals surface area contributed by atoms with Gasteiger partial charge in [0.1, 0.15) is 0 Å². The van der Waals surface area contributed by atoms with E-state index in [-0.39, 0.29) is 24.0 Å². The van der Waals surface area contributed by atoms with Gasteiger partial charge < -0.3 is 10.1 Å². The molecule has 18 heavy (non-hydrogen) atoms. The fourth-order valence-corrected chi connectivity index (χ4v) is 1.59. The SMILES string of the molecule is CCC(C)NC(=O)C(C)N(CC)CCC(=O)OC. The van der Waals surface area contributed by atoms with Gasteiger partial charge in [0.05, 0.1) is 19.6 Å². The Bertz CT molecular complexity index is 269. The zero-order valence-electron chi connectivity index (χ0n) is 12.2. The molecule has 0 saturated carbocycles. The fraction of sp³-hybridized carbons (Fsp3) is 0.846. The fourth-order valence-electron chi connectivity index (χ4n) is 1.59. The molecule has 0 rings (SSSR count). The van der Waals surface area contributed by atoms with Crippen molar-refractivity contribution in [1.82, 2.24) is 10.2 Å². The molecule has 0 aliphatic carbocycles. The quantitative estimate of drug-likeness (QED) is 0.664. The van der Waals surface area contributed by atoms with Gasteiger partial charge in [-0.3, -0.25) is 14.5 Å². The third-order valence-corrected chi connectivity index (χ3v) is 3.17. The predicted molar refractivity (Wildman–Crippen MR) is 71.2 cm³/mol. The van der Waals surface area contributed by atoms with Crippen molar-refractivity contribution < 1.29 is 14.3 Å². The summed E-state index contributed by atoms with van der Waals surface area (Å²) in [5.41, 5.74) is 0. The molecule has 0 aromatic heterocycles. The summed E-state index contributed by atoms with van der Waals surface area (Å²) in [7, 11) is 1.37. The molecule has 0 aliphatic rings. The number of ether oxygens (including phenoxy) is 1. The third kappa shape index (κ3) is 6.00. The number of hydrogen-bond donors (Lipinski definition) is 1. The number of likely N-dealkylation sites (N-methyl/N-ethyl adjacent to an activating group) is 1. The molecule has 5 heteroatoms. The second-order valence-corrected chi connectivity index (χ2v) is 4.45. The maximum atomic E-state index is 12.0. The Hall–Kier alpha value is -1.10. The monoisotopic (exact) mass is 258 g/mol. The maximum absolute atomic E-state index is 12.0. The van der Waals surface area contributed by atoms with Crippen LogP contribution in [0.2, 0.25) is 0 Å². The molecule has 1 amide bonds. The van der Waals surface area contributed by atoms with E-state index < -0.39 is 0 Å². The van der Waals surface area contributed by atoms with Crippen molar-refractivity contribution in [3.8, 4) is 0 Å². The van der Waals surface area contributed by atoms with Crippen LogP contribution in [0, 0.1) is 0 Å². The first-order valence-corrected chi connectivity index (χ1v) is 6.57. The van der Waals surface area contributed by atoms with Gasteiger partial charge in [-0.2, -0.15) is 0 Å². The standard InChI is InChI=1S/C13H26N2O3/c1-6-10(3)14-13(17)11(4)15(7-2)9-8-12(16)18-5/h10-11H,6-9H2,1-5H3,(H,14,17). The van der Waals surface area contributed by atoms with Crippen LogP contribution in [-0.4, -0.2) is 49.1 Å². The van der Waals surface area contributed by atoms with Gasteiger partial charge in [0.15, 0.2) is 0 Å². The molecular formula is C13H26N2O3. The Morgan fingerprint density at radius 1 is 1.28 bits per heavy atom. The highest BCUT2D eigenvalue weighted by molar-refractivity contribution is 5.81. The summed E-state index contributed by atoms with van der Waals surface area (Å²) in [6.07, 6.45) is 1.22. The lowest BCUT2D eigenvalue weighted by molar-refractivity contribution is -0.141. The van der Waals surface area contributed by atoms with E-state index in [1.165, 1.54) is 7.11 Å². The number of hydrogen-bond acceptors (Lipinski definition) is 4. The van der Waals surface area contributed by atoms with E-state index >= 15 is 0 Å². The van der Waals surface area contributed by atoms with Gasteiger partial charge in [0, 0.05) is 12.6 Å². The van der Waals surface area contributed by atoms with Gasteiger partial charge in [-0.05, 0) is 26.8 Å². The van der Waals surface area contributed by atoms with E-state index in [0.29, 0.717) is 13.0 Å². The number of rotatable bonds is 8. The van der Waals surface area contributed by atoms with Gasteiger partial charge in [-0.15, -0.1) is 0 Å². The van der Waals surface area contributed by atoms with Crippen LogP contribution in [0.1, 0.15) is 40.5 Å². The summed E-state index contributed by atoms with van der Waals surface area (Å²) in [5.74, 6) is -0.237. The molecule has 0 fully saturated rings. The molecule has 106 valence electrons. The van der Waals surface area contributed by atoms with Crippen LogP contribution in [0.5, 0.6) is 0 Å². The van der Waals surface area contributed by atoms with E-state index in [0.717, 1.165) is 13.0 Å². The summed E-state index contributed by atoms with van der Waals surface area (Å²) in [6.45, 7) is 9.12. The van der Waals surface area contributed by atoms with Gasteiger partial charge >= 0.3 is 5.97 Å². The van der Waals surface area contributed by atoms with Crippen LogP contribution in [0.25, 0.3) is 0 Å². The lowest BCUT2D eigenvalue weighted by Crippen LogP contribution is -2.48. The van der Waals surface area contributed by atoms with E-state index in [9.17, 15) is 9.59 Å². The number of nitrogens with zero attached hydrogens (tertiary/aromatic N) is 1. The third-order valence-electron chi connectivity index (χ3n) is 3.17. The smallest absolute Gasteiger partial charge is 0.306 e. The average molecular weight is 258 g/mol. The number of amides is 1. The molecule has 0 heterocycles. The minimum atomic E-state index is -0.247. The number of esters is 1. The second-order valence-electron chi connectivity index (χ2n) is 4.45. The predicted octanol–water partition coefficient (Wildman–Crippen LogP) is 1.17. The molecule has 0 bridgehead atoms. The Morgan fingerprint density at radius 3 is 2.33 bits per heavy atom. The van der Waals surface area contributed by atoms with Crippen molar-refractivity contribution >= 4 is 11.9 Å². The lowest BCUT2D eigenvalue weighted by atomic mass is 10.2. The summed E-state index contributed by atoms with van der Waals surface area (Å²) in [4.78, 5) is 25.0. The zero-order valence-corrected chi connectivity index (χ0v) is 12.2. The summed E-state index contributed by atoms with van der Waals surface area (Å²) in [5, 5.41) is 2.95. The topological polar surface area (TPSA) is 58.6 Å². The van der Waals surface area contributed by atoms with Gasteiger partial charge in [-0.1, -0.05) is 13.8 Å². The molecule has 2 unspecified atom stereocenters. The van der Waals surface area contributed by atoms with Crippen LogP contribution < -0.4 is 5.32 Å². The Kier molecular flexibility index (Phi) is 8.37. The van der Waals surface area contributed by atoms with Crippen LogP contribution in [0.3, 0.4) is 0 Å². The molecule has 0 aromatic carbocycles. The molecule has 0 spiro atoms. The van der Waals surface area contributed by atoms with E-state index in [2.05, 4.69) is 10.1 Å². The lowest BCUT2D eigenvalue weighted by Gasteiger charge is -2.27.